The van der Waals surface area contributed by atoms with Crippen molar-refractivity contribution in [3.05, 3.63) is 71.4 Å². The lowest BCUT2D eigenvalue weighted by Crippen LogP contribution is -2.04. The minimum absolute atomic E-state index is 0.0675. The van der Waals surface area contributed by atoms with Gasteiger partial charge in [-0.3, -0.25) is 9.67 Å². The van der Waals surface area contributed by atoms with Crippen molar-refractivity contribution in [1.82, 2.24) is 34.9 Å². The predicted octanol–water partition coefficient (Wildman–Crippen LogP) is 4.45. The van der Waals surface area contributed by atoms with Gasteiger partial charge in [-0.2, -0.15) is 10.2 Å². The van der Waals surface area contributed by atoms with E-state index in [-0.39, 0.29) is 6.61 Å². The molecular formula is C27H28N8O. The molecule has 1 saturated carbocycles. The molecule has 1 aliphatic carbocycles. The van der Waals surface area contributed by atoms with E-state index in [2.05, 4.69) is 36.8 Å². The van der Waals surface area contributed by atoms with E-state index in [1.807, 2.05) is 54.8 Å². The third-order valence-corrected chi connectivity index (χ3v) is 6.66. The molecule has 3 N–H and O–H groups in total. The Kier molecular flexibility index (Phi) is 5.69. The molecule has 0 radical (unpaired) electrons. The average molecular weight is 481 g/mol. The highest BCUT2D eigenvalue weighted by Gasteiger charge is 2.26. The largest absolute Gasteiger partial charge is 0.396 e. The van der Waals surface area contributed by atoms with Crippen molar-refractivity contribution in [1.29, 1.82) is 0 Å². The Morgan fingerprint density at radius 2 is 1.97 bits per heavy atom. The first kappa shape index (κ1) is 22.4. The lowest BCUT2D eigenvalue weighted by Gasteiger charge is -2.13. The highest BCUT2D eigenvalue weighted by molar-refractivity contribution is 5.82. The van der Waals surface area contributed by atoms with Gasteiger partial charge in [-0.25, -0.2) is 9.97 Å². The number of imidazole rings is 1. The molecule has 0 atom stereocenters. The molecule has 182 valence electrons. The van der Waals surface area contributed by atoms with Gasteiger partial charge < -0.3 is 10.4 Å². The Labute approximate surface area is 208 Å². The molecule has 0 aliphatic heterocycles. The van der Waals surface area contributed by atoms with Crippen LogP contribution in [0.4, 0.5) is 11.5 Å². The maximum atomic E-state index is 9.69. The van der Waals surface area contributed by atoms with Gasteiger partial charge in [-0.15, -0.1) is 5.10 Å². The van der Waals surface area contributed by atoms with E-state index in [0.29, 0.717) is 12.2 Å². The van der Waals surface area contributed by atoms with Gasteiger partial charge in [-0.05, 0) is 87.4 Å². The van der Waals surface area contributed by atoms with Crippen LogP contribution in [0.15, 0.2) is 48.8 Å². The normalized spacial score (nSPS) is 13.4. The van der Waals surface area contributed by atoms with Crippen LogP contribution in [0.5, 0.6) is 0 Å². The number of aromatic amines is 1. The van der Waals surface area contributed by atoms with Crippen LogP contribution in [0, 0.1) is 19.8 Å². The Morgan fingerprint density at radius 1 is 1.08 bits per heavy atom. The SMILES string of the molecule is Cc1ccc(Nc2ccc3c(c2)ncn3-c2ccc(CCO)c(-c3c(C)n[nH]c3CC3CC3)n2)nn1. The molecule has 1 fully saturated rings. The van der Waals surface area contributed by atoms with Crippen molar-refractivity contribution in [2.24, 2.45) is 5.92 Å². The summed E-state index contributed by atoms with van der Waals surface area (Å²) >= 11 is 0. The zero-order valence-electron chi connectivity index (χ0n) is 20.4. The topological polar surface area (TPSA) is 117 Å². The second kappa shape index (κ2) is 9.16. The smallest absolute Gasteiger partial charge is 0.153 e. The molecule has 1 aliphatic rings. The maximum absolute atomic E-state index is 9.69. The molecule has 0 amide bonds. The second-order valence-electron chi connectivity index (χ2n) is 9.46. The molecule has 4 heterocycles. The molecule has 6 rings (SSSR count). The highest BCUT2D eigenvalue weighted by atomic mass is 16.3. The summed E-state index contributed by atoms with van der Waals surface area (Å²) in [6, 6.07) is 13.9. The summed E-state index contributed by atoms with van der Waals surface area (Å²) in [4.78, 5) is 9.73. The van der Waals surface area contributed by atoms with Crippen molar-refractivity contribution in [3.63, 3.8) is 0 Å². The molecule has 0 spiro atoms. The zero-order chi connectivity index (χ0) is 24.6. The lowest BCUT2D eigenvalue weighted by atomic mass is 9.99. The summed E-state index contributed by atoms with van der Waals surface area (Å²) in [6.07, 6.45) is 5.85. The molecule has 4 aromatic heterocycles. The van der Waals surface area contributed by atoms with Crippen molar-refractivity contribution in [3.8, 4) is 17.1 Å². The van der Waals surface area contributed by atoms with Gasteiger partial charge in [0.15, 0.2) is 5.82 Å². The van der Waals surface area contributed by atoms with Crippen molar-refractivity contribution < 1.29 is 5.11 Å². The number of rotatable bonds is 8. The van der Waals surface area contributed by atoms with Crippen LogP contribution in [0.2, 0.25) is 0 Å². The van der Waals surface area contributed by atoms with E-state index in [4.69, 9.17) is 4.98 Å². The number of aryl methyl sites for hydroxylation is 2. The molecular weight excluding hydrogens is 452 g/mol. The fourth-order valence-corrected chi connectivity index (χ4v) is 4.59. The van der Waals surface area contributed by atoms with Gasteiger partial charge in [0.25, 0.3) is 0 Å². The molecule has 36 heavy (non-hydrogen) atoms. The first-order valence-corrected chi connectivity index (χ1v) is 12.3. The van der Waals surface area contributed by atoms with Crippen molar-refractivity contribution >= 4 is 22.5 Å². The quantitative estimate of drug-likeness (QED) is 0.300. The zero-order valence-corrected chi connectivity index (χ0v) is 20.4. The van der Waals surface area contributed by atoms with E-state index in [1.165, 1.54) is 12.8 Å². The number of aliphatic hydroxyl groups excluding tert-OH is 1. The van der Waals surface area contributed by atoms with Crippen LogP contribution >= 0.6 is 0 Å². The van der Waals surface area contributed by atoms with Crippen LogP contribution in [-0.4, -0.2) is 46.6 Å². The minimum atomic E-state index is 0.0675. The maximum Gasteiger partial charge on any atom is 0.153 e. The fraction of sp³-hybridized carbons (Fsp3) is 0.296. The molecule has 1 aromatic carbocycles. The summed E-state index contributed by atoms with van der Waals surface area (Å²) in [7, 11) is 0. The summed E-state index contributed by atoms with van der Waals surface area (Å²) in [5.74, 6) is 2.18. The molecule has 5 aromatic rings. The van der Waals surface area contributed by atoms with Crippen LogP contribution < -0.4 is 5.32 Å². The van der Waals surface area contributed by atoms with E-state index in [0.717, 1.165) is 68.8 Å². The number of nitrogens with one attached hydrogen (secondary N) is 2. The Bertz CT molecular complexity index is 1530. The highest BCUT2D eigenvalue weighted by Crippen LogP contribution is 2.37. The molecule has 9 heteroatoms. The minimum Gasteiger partial charge on any atom is -0.396 e. The first-order chi connectivity index (χ1) is 17.6. The number of H-pyrrole nitrogens is 1. The fourth-order valence-electron chi connectivity index (χ4n) is 4.59. The van der Waals surface area contributed by atoms with Crippen LogP contribution in [0.1, 0.15) is 35.5 Å². The standard InChI is InChI=1S/C27H28N8O/c1-16-3-9-24(34-31-16)29-20-7-8-23-21(14-20)28-15-35(23)25-10-6-19(11-12-36)27(30-25)26-17(2)32-33-22(26)13-18-4-5-18/h3,6-10,14-15,18,36H,4-5,11-13H2,1-2H3,(H,29,34)(H,32,33). The Morgan fingerprint density at radius 3 is 2.75 bits per heavy atom. The number of aliphatic hydroxyl groups is 1. The third-order valence-electron chi connectivity index (χ3n) is 6.66. The van der Waals surface area contributed by atoms with Crippen molar-refractivity contribution in [2.45, 2.75) is 39.5 Å². The number of anilines is 2. The lowest BCUT2D eigenvalue weighted by molar-refractivity contribution is 0.299. The van der Waals surface area contributed by atoms with Crippen LogP contribution in [0.25, 0.3) is 28.1 Å². The predicted molar refractivity (Wildman–Crippen MR) is 138 cm³/mol. The average Bonchev–Trinajstić information content (AvgIpc) is 3.49. The Hall–Kier alpha value is -4.11. The van der Waals surface area contributed by atoms with Gasteiger partial charge >= 0.3 is 0 Å². The van der Waals surface area contributed by atoms with Crippen LogP contribution in [-0.2, 0) is 12.8 Å². The number of nitrogens with zero attached hydrogens (tertiary/aromatic N) is 6. The third kappa shape index (κ3) is 4.33. The molecule has 9 nitrogen and oxygen atoms in total. The summed E-state index contributed by atoms with van der Waals surface area (Å²) in [5.41, 5.74) is 8.56. The first-order valence-electron chi connectivity index (χ1n) is 12.3. The van der Waals surface area contributed by atoms with E-state index in [1.54, 1.807) is 6.33 Å². The van der Waals surface area contributed by atoms with E-state index >= 15 is 0 Å². The van der Waals surface area contributed by atoms with Gasteiger partial charge in [0, 0.05) is 23.6 Å². The van der Waals surface area contributed by atoms with Gasteiger partial charge in [0.2, 0.25) is 0 Å². The number of benzene rings is 1. The summed E-state index contributed by atoms with van der Waals surface area (Å²) < 4.78 is 1.99. The van der Waals surface area contributed by atoms with Crippen LogP contribution in [0.3, 0.4) is 0 Å². The van der Waals surface area contributed by atoms with E-state index < -0.39 is 0 Å². The van der Waals surface area contributed by atoms with Gasteiger partial charge in [0.1, 0.15) is 12.1 Å². The molecule has 0 unspecified atom stereocenters. The van der Waals surface area contributed by atoms with Crippen molar-refractivity contribution in [2.75, 3.05) is 11.9 Å². The van der Waals surface area contributed by atoms with E-state index in [9.17, 15) is 5.11 Å². The monoisotopic (exact) mass is 480 g/mol. The second-order valence-corrected chi connectivity index (χ2v) is 9.46. The summed E-state index contributed by atoms with van der Waals surface area (Å²) in [6.45, 7) is 3.99. The number of hydrogen-bond donors (Lipinski definition) is 3. The van der Waals surface area contributed by atoms with Gasteiger partial charge in [-0.1, -0.05) is 6.07 Å². The number of fused-ring (bicyclic) bond motifs is 1. The number of hydrogen-bond acceptors (Lipinski definition) is 7. The summed E-state index contributed by atoms with van der Waals surface area (Å²) in [5, 5.41) is 29.0. The van der Waals surface area contributed by atoms with Gasteiger partial charge in [0.05, 0.1) is 28.1 Å². The number of aromatic nitrogens is 7. The molecule has 0 saturated heterocycles. The number of pyridine rings is 1. The Balaban J connectivity index is 1.37. The molecule has 0 bridgehead atoms.